The molecule has 0 atom stereocenters. The summed E-state index contributed by atoms with van der Waals surface area (Å²) in [5, 5.41) is 8.92. The fourth-order valence-electron chi connectivity index (χ4n) is 3.49. The summed E-state index contributed by atoms with van der Waals surface area (Å²) in [6.07, 6.45) is 18.3. The monoisotopic (exact) mass is 500 g/mol. The van der Waals surface area contributed by atoms with Gasteiger partial charge in [0.05, 0.1) is 5.75 Å². The molecule has 200 valence electrons. The average molecular weight is 501 g/mol. The first kappa shape index (κ1) is 33.0. The molecule has 0 rings (SSSR count). The predicted molar refractivity (Wildman–Crippen MR) is 145 cm³/mol. The van der Waals surface area contributed by atoms with Gasteiger partial charge >= 0.3 is 5.97 Å². The molecule has 0 aliphatic rings. The normalized spacial score (nSPS) is 11.4. The highest BCUT2D eigenvalue weighted by Gasteiger charge is 2.14. The second-order valence-corrected chi connectivity index (χ2v) is 10.1. The summed E-state index contributed by atoms with van der Waals surface area (Å²) in [6.45, 7) is 7.40. The Labute approximate surface area is 214 Å². The van der Waals surface area contributed by atoms with E-state index in [2.05, 4.69) is 24.2 Å². The smallest absolute Gasteiger partial charge is 0.306 e. The molecular weight excluding hydrogens is 448 g/mol. The van der Waals surface area contributed by atoms with Crippen LogP contribution in [0.4, 0.5) is 0 Å². The molecule has 1 N–H and O–H groups in total. The van der Waals surface area contributed by atoms with Gasteiger partial charge in [0.15, 0.2) is 0 Å². The fourth-order valence-corrected chi connectivity index (χ4v) is 4.19. The maximum absolute atomic E-state index is 12.7. The Bertz CT molecular complexity index is 517. The Hall–Kier alpha value is -1.05. The minimum atomic E-state index is -0.118. The number of hydrogen-bond acceptors (Lipinski definition) is 6. The predicted octanol–water partition coefficient (Wildman–Crippen LogP) is 5.99. The van der Waals surface area contributed by atoms with Crippen LogP contribution in [0.25, 0.3) is 0 Å². The van der Waals surface area contributed by atoms with Gasteiger partial charge in [-0.3, -0.25) is 13.9 Å². The van der Waals surface area contributed by atoms with Crippen LogP contribution in [0.3, 0.4) is 0 Å². The van der Waals surface area contributed by atoms with E-state index in [1.165, 1.54) is 25.7 Å². The van der Waals surface area contributed by atoms with Crippen molar-refractivity contribution in [2.45, 2.75) is 104 Å². The van der Waals surface area contributed by atoms with Crippen molar-refractivity contribution in [2.75, 3.05) is 45.6 Å². The Morgan fingerprint density at radius 3 is 2.15 bits per heavy atom. The molecule has 0 radical (unpaired) electrons. The van der Waals surface area contributed by atoms with Gasteiger partial charge in [-0.1, -0.05) is 82.9 Å². The number of unbranched alkanes of at least 4 members (excludes halogenated alkanes) is 10. The van der Waals surface area contributed by atoms with Gasteiger partial charge < -0.3 is 14.7 Å². The first-order valence-corrected chi connectivity index (χ1v) is 14.5. The van der Waals surface area contributed by atoms with Crippen molar-refractivity contribution in [2.24, 2.45) is 0 Å². The van der Waals surface area contributed by atoms with Crippen molar-refractivity contribution in [1.82, 2.24) is 9.21 Å². The highest BCUT2D eigenvalue weighted by Crippen LogP contribution is 2.11. The molecule has 0 unspecified atom stereocenters. The van der Waals surface area contributed by atoms with Crippen LogP contribution in [-0.4, -0.2) is 71.8 Å². The van der Waals surface area contributed by atoms with E-state index in [1.807, 2.05) is 18.0 Å². The standard InChI is InChI=1S/C27H52N2O4S/c1-4-6-7-8-9-14-19-24-33-27(32)20-15-10-11-16-21-29(22-17-12-13-18-23-30)26(31)25-34-28(3)5-2/h14,19,30H,4-13,15-18,20-25H2,1-3H3/b19-14-. The minimum absolute atomic E-state index is 0.118. The fraction of sp³-hybridized carbons (Fsp3) is 0.852. The van der Waals surface area contributed by atoms with Crippen LogP contribution in [-0.2, 0) is 14.3 Å². The zero-order valence-corrected chi connectivity index (χ0v) is 23.1. The van der Waals surface area contributed by atoms with Gasteiger partial charge in [-0.05, 0) is 45.6 Å². The van der Waals surface area contributed by atoms with E-state index in [-0.39, 0.29) is 18.5 Å². The van der Waals surface area contributed by atoms with Gasteiger partial charge in [0.2, 0.25) is 5.91 Å². The van der Waals surface area contributed by atoms with Crippen molar-refractivity contribution >= 4 is 23.8 Å². The molecule has 1 amide bonds. The molecule has 0 heterocycles. The zero-order valence-electron chi connectivity index (χ0n) is 22.3. The summed E-state index contributed by atoms with van der Waals surface area (Å²) in [6, 6.07) is 0. The first-order valence-electron chi connectivity index (χ1n) is 13.6. The molecule has 0 saturated carbocycles. The lowest BCUT2D eigenvalue weighted by atomic mass is 10.1. The van der Waals surface area contributed by atoms with Crippen LogP contribution in [0.1, 0.15) is 104 Å². The van der Waals surface area contributed by atoms with E-state index in [1.54, 1.807) is 11.9 Å². The molecule has 7 heteroatoms. The molecule has 6 nitrogen and oxygen atoms in total. The number of nitrogens with zero attached hydrogens (tertiary/aromatic N) is 2. The number of aliphatic hydroxyl groups excluding tert-OH is 1. The SMILES string of the molecule is CCCCCC/C=C\COC(=O)CCCCCCN(CCCCCCO)C(=O)CSN(C)CC. The van der Waals surface area contributed by atoms with Gasteiger partial charge in [0.25, 0.3) is 0 Å². The van der Waals surface area contributed by atoms with Gasteiger partial charge in [-0.2, -0.15) is 0 Å². The van der Waals surface area contributed by atoms with E-state index >= 15 is 0 Å². The first-order chi connectivity index (χ1) is 16.5. The third-order valence-corrected chi connectivity index (χ3v) is 6.91. The second-order valence-electron chi connectivity index (χ2n) is 8.90. The van der Waals surface area contributed by atoms with E-state index in [4.69, 9.17) is 9.84 Å². The molecule has 0 bridgehead atoms. The molecule has 0 spiro atoms. The van der Waals surface area contributed by atoms with Gasteiger partial charge in [0, 0.05) is 32.7 Å². The summed E-state index contributed by atoms with van der Waals surface area (Å²) < 4.78 is 7.36. The lowest BCUT2D eigenvalue weighted by molar-refractivity contribution is -0.142. The Morgan fingerprint density at radius 2 is 1.50 bits per heavy atom. The number of carbonyl (C=O) groups is 2. The molecular formula is C27H52N2O4S. The van der Waals surface area contributed by atoms with Gasteiger partial charge in [-0.25, -0.2) is 0 Å². The summed E-state index contributed by atoms with van der Waals surface area (Å²) in [5.74, 6) is 0.571. The number of aliphatic hydroxyl groups is 1. The van der Waals surface area contributed by atoms with E-state index in [9.17, 15) is 9.59 Å². The van der Waals surface area contributed by atoms with Gasteiger partial charge in [0.1, 0.15) is 6.61 Å². The number of carbonyl (C=O) groups excluding carboxylic acids is 2. The molecule has 0 saturated heterocycles. The van der Waals surface area contributed by atoms with Crippen LogP contribution < -0.4 is 0 Å². The lowest BCUT2D eigenvalue weighted by Crippen LogP contribution is -2.35. The van der Waals surface area contributed by atoms with Crippen molar-refractivity contribution in [1.29, 1.82) is 0 Å². The quantitative estimate of drug-likeness (QED) is 0.0760. The highest BCUT2D eigenvalue weighted by molar-refractivity contribution is 7.97. The second kappa shape index (κ2) is 25.1. The zero-order chi connectivity index (χ0) is 25.3. The number of ether oxygens (including phenoxy) is 1. The number of amides is 1. The maximum Gasteiger partial charge on any atom is 0.306 e. The molecule has 0 fully saturated rings. The van der Waals surface area contributed by atoms with Crippen molar-refractivity contribution in [3.8, 4) is 0 Å². The van der Waals surface area contributed by atoms with Crippen LogP contribution in [0.2, 0.25) is 0 Å². The third kappa shape index (κ3) is 21.5. The van der Waals surface area contributed by atoms with Crippen LogP contribution >= 0.6 is 11.9 Å². The molecule has 0 aliphatic heterocycles. The van der Waals surface area contributed by atoms with Crippen molar-refractivity contribution in [3.63, 3.8) is 0 Å². The van der Waals surface area contributed by atoms with E-state index in [0.717, 1.165) is 77.4 Å². The lowest BCUT2D eigenvalue weighted by Gasteiger charge is -2.24. The summed E-state index contributed by atoms with van der Waals surface area (Å²) in [4.78, 5) is 26.5. The summed E-state index contributed by atoms with van der Waals surface area (Å²) in [7, 11) is 2.01. The van der Waals surface area contributed by atoms with Gasteiger partial charge in [-0.15, -0.1) is 0 Å². The summed E-state index contributed by atoms with van der Waals surface area (Å²) in [5.41, 5.74) is 0. The van der Waals surface area contributed by atoms with Crippen molar-refractivity contribution < 1.29 is 19.4 Å². The molecule has 0 aromatic carbocycles. The number of esters is 1. The number of allylic oxidation sites excluding steroid dienone is 1. The van der Waals surface area contributed by atoms with Crippen LogP contribution in [0.5, 0.6) is 0 Å². The molecule has 0 aliphatic carbocycles. The Balaban J connectivity index is 3.99. The number of rotatable bonds is 24. The molecule has 34 heavy (non-hydrogen) atoms. The molecule has 0 aromatic heterocycles. The van der Waals surface area contributed by atoms with Crippen LogP contribution in [0, 0.1) is 0 Å². The van der Waals surface area contributed by atoms with E-state index < -0.39 is 0 Å². The Kier molecular flexibility index (Phi) is 24.3. The number of hydrogen-bond donors (Lipinski definition) is 1. The summed E-state index contributed by atoms with van der Waals surface area (Å²) >= 11 is 1.58. The largest absolute Gasteiger partial charge is 0.461 e. The third-order valence-electron chi connectivity index (χ3n) is 5.83. The topological polar surface area (TPSA) is 70.1 Å². The Morgan fingerprint density at radius 1 is 0.853 bits per heavy atom. The maximum atomic E-state index is 12.7. The minimum Gasteiger partial charge on any atom is -0.461 e. The van der Waals surface area contributed by atoms with E-state index in [0.29, 0.717) is 18.8 Å². The highest BCUT2D eigenvalue weighted by atomic mass is 32.2. The van der Waals surface area contributed by atoms with Crippen LogP contribution in [0.15, 0.2) is 12.2 Å². The van der Waals surface area contributed by atoms with Crippen molar-refractivity contribution in [3.05, 3.63) is 12.2 Å². The molecule has 0 aromatic rings. The average Bonchev–Trinajstić information content (AvgIpc) is 2.84.